The summed E-state index contributed by atoms with van der Waals surface area (Å²) in [5.74, 6) is -0.449. The summed E-state index contributed by atoms with van der Waals surface area (Å²) in [5, 5.41) is 0. The van der Waals surface area contributed by atoms with E-state index < -0.39 is 28.1 Å². The van der Waals surface area contributed by atoms with Gasteiger partial charge in [0.25, 0.3) is 0 Å². The van der Waals surface area contributed by atoms with E-state index in [9.17, 15) is 13.2 Å². The number of esters is 1. The Hall–Kier alpha value is -2.08. The Kier molecular flexibility index (Phi) is 2.90. The number of ether oxygens (including phenoxy) is 1. The summed E-state index contributed by atoms with van der Waals surface area (Å²) in [4.78, 5) is 11.3. The Labute approximate surface area is 117 Å². The minimum atomic E-state index is -3.45. The van der Waals surface area contributed by atoms with Crippen LogP contribution < -0.4 is 0 Å². The predicted molar refractivity (Wildman–Crippen MR) is 73.9 cm³/mol. The summed E-state index contributed by atoms with van der Waals surface area (Å²) in [6.45, 7) is 0. The Morgan fingerprint density at radius 2 is 1.95 bits per heavy atom. The topological polar surface area (TPSA) is 63.7 Å². The van der Waals surface area contributed by atoms with Crippen molar-refractivity contribution in [1.82, 2.24) is 4.31 Å². The largest absolute Gasteiger partial charge is 0.452 e. The van der Waals surface area contributed by atoms with E-state index in [0.29, 0.717) is 0 Å². The molecule has 2 heterocycles. The van der Waals surface area contributed by atoms with E-state index in [1.807, 2.05) is 24.3 Å². The smallest absolute Gasteiger partial charge is 0.331 e. The van der Waals surface area contributed by atoms with E-state index >= 15 is 0 Å². The first kappa shape index (κ1) is 12.9. The van der Waals surface area contributed by atoms with Crippen LogP contribution in [0.25, 0.3) is 6.08 Å². The second-order valence-corrected chi connectivity index (χ2v) is 6.63. The molecule has 0 radical (unpaired) electrons. The summed E-state index contributed by atoms with van der Waals surface area (Å²) in [6, 6.07) is 6.91. The zero-order valence-electron chi connectivity index (χ0n) is 10.8. The number of sulfonamides is 1. The minimum absolute atomic E-state index is 0.449. The first-order chi connectivity index (χ1) is 9.47. The van der Waals surface area contributed by atoms with Crippen LogP contribution >= 0.6 is 0 Å². The number of rotatable bonds is 2. The number of hydrogen-bond acceptors (Lipinski definition) is 4. The third kappa shape index (κ3) is 2.12. The molecule has 0 unspecified atom stereocenters. The van der Waals surface area contributed by atoms with Gasteiger partial charge in [0.1, 0.15) is 12.1 Å². The lowest BCUT2D eigenvalue weighted by Crippen LogP contribution is -2.38. The Balaban J connectivity index is 2.11. The first-order valence-electron chi connectivity index (χ1n) is 6.11. The van der Waals surface area contributed by atoms with Gasteiger partial charge in [0.05, 0.1) is 6.26 Å². The highest BCUT2D eigenvalue weighted by atomic mass is 32.2. The number of benzene rings is 1. The molecule has 0 aromatic heterocycles. The zero-order valence-corrected chi connectivity index (χ0v) is 11.6. The Morgan fingerprint density at radius 3 is 2.60 bits per heavy atom. The molecule has 1 aromatic rings. The molecule has 2 aliphatic heterocycles. The molecule has 6 heteroatoms. The third-order valence-corrected chi connectivity index (χ3v) is 4.47. The van der Waals surface area contributed by atoms with E-state index in [4.69, 9.17) is 4.74 Å². The van der Waals surface area contributed by atoms with Gasteiger partial charge in [0.15, 0.2) is 0 Å². The first-order valence-corrected chi connectivity index (χ1v) is 7.96. The summed E-state index contributed by atoms with van der Waals surface area (Å²) < 4.78 is 30.3. The maximum atomic E-state index is 12.0. The molecule has 104 valence electrons. The zero-order chi connectivity index (χ0) is 14.3. The average molecular weight is 291 g/mol. The second-order valence-electron chi connectivity index (χ2n) is 4.74. The number of fused-ring (bicyclic) bond motifs is 1. The Morgan fingerprint density at radius 1 is 1.20 bits per heavy atom. The van der Waals surface area contributed by atoms with Gasteiger partial charge >= 0.3 is 5.97 Å². The molecule has 0 saturated carbocycles. The lowest BCUT2D eigenvalue weighted by Gasteiger charge is -2.35. The normalized spacial score (nSPS) is 24.6. The van der Waals surface area contributed by atoms with Crippen molar-refractivity contribution in [3.8, 4) is 0 Å². The molecule has 0 fully saturated rings. The van der Waals surface area contributed by atoms with Crippen LogP contribution in [0.3, 0.4) is 0 Å². The molecule has 0 N–H and O–H groups in total. The van der Waals surface area contributed by atoms with Gasteiger partial charge in [-0.05, 0) is 23.3 Å². The van der Waals surface area contributed by atoms with Crippen molar-refractivity contribution in [3.63, 3.8) is 0 Å². The van der Waals surface area contributed by atoms with Crippen molar-refractivity contribution in [2.24, 2.45) is 0 Å². The highest BCUT2D eigenvalue weighted by molar-refractivity contribution is 7.88. The summed E-state index contributed by atoms with van der Waals surface area (Å²) in [7, 11) is -3.45. The van der Waals surface area contributed by atoms with Crippen LogP contribution in [0.4, 0.5) is 0 Å². The molecular weight excluding hydrogens is 278 g/mol. The molecule has 3 rings (SSSR count). The number of hydrogen-bond donors (Lipinski definition) is 0. The monoisotopic (exact) mass is 291 g/mol. The van der Waals surface area contributed by atoms with Crippen LogP contribution in [0.1, 0.15) is 17.2 Å². The fraction of sp³-hybridized carbons (Fsp3) is 0.214. The standard InChI is InChI=1S/C14H13NO4S/c1-20(17,18)15-9-8-10-4-2-3-5-11(10)14(15)12-6-7-13(16)19-12/h2-9,12,14H,1H3/t12-,14-/m1/s1. The number of carbonyl (C=O) groups is 1. The van der Waals surface area contributed by atoms with Gasteiger partial charge in [-0.15, -0.1) is 0 Å². The maximum Gasteiger partial charge on any atom is 0.331 e. The second kappa shape index (κ2) is 4.49. The lowest BCUT2D eigenvalue weighted by atomic mass is 9.94. The van der Waals surface area contributed by atoms with Gasteiger partial charge in [0, 0.05) is 12.3 Å². The molecule has 0 bridgehead atoms. The summed E-state index contributed by atoms with van der Waals surface area (Å²) >= 11 is 0. The molecule has 2 atom stereocenters. The third-order valence-electron chi connectivity index (χ3n) is 3.36. The van der Waals surface area contributed by atoms with E-state index in [0.717, 1.165) is 17.4 Å². The van der Waals surface area contributed by atoms with Crippen LogP contribution in [0.2, 0.25) is 0 Å². The average Bonchev–Trinajstić information content (AvgIpc) is 2.82. The molecule has 0 aliphatic carbocycles. The highest BCUT2D eigenvalue weighted by Crippen LogP contribution is 2.37. The fourth-order valence-corrected chi connectivity index (χ4v) is 3.44. The molecule has 20 heavy (non-hydrogen) atoms. The van der Waals surface area contributed by atoms with Crippen molar-refractivity contribution >= 4 is 22.1 Å². The molecule has 5 nitrogen and oxygen atoms in total. The van der Waals surface area contributed by atoms with Gasteiger partial charge in [0.2, 0.25) is 10.0 Å². The summed E-state index contributed by atoms with van der Waals surface area (Å²) in [6.07, 6.45) is 6.71. The number of nitrogens with zero attached hydrogens (tertiary/aromatic N) is 1. The van der Waals surface area contributed by atoms with Crippen molar-refractivity contribution < 1.29 is 17.9 Å². The van der Waals surface area contributed by atoms with Crippen LogP contribution in [0, 0.1) is 0 Å². The fourth-order valence-electron chi connectivity index (χ4n) is 2.51. The van der Waals surface area contributed by atoms with Crippen LogP contribution in [0.5, 0.6) is 0 Å². The van der Waals surface area contributed by atoms with Gasteiger partial charge in [-0.3, -0.25) is 4.31 Å². The number of cyclic esters (lactones) is 1. The van der Waals surface area contributed by atoms with Crippen molar-refractivity contribution in [3.05, 3.63) is 53.7 Å². The van der Waals surface area contributed by atoms with Gasteiger partial charge in [-0.25, -0.2) is 13.2 Å². The van der Waals surface area contributed by atoms with Gasteiger partial charge < -0.3 is 4.74 Å². The minimum Gasteiger partial charge on any atom is -0.452 e. The molecule has 2 aliphatic rings. The van der Waals surface area contributed by atoms with Crippen molar-refractivity contribution in [1.29, 1.82) is 0 Å². The summed E-state index contributed by atoms with van der Waals surface area (Å²) in [5.41, 5.74) is 1.75. The molecule has 0 spiro atoms. The van der Waals surface area contributed by atoms with E-state index in [1.165, 1.54) is 16.6 Å². The van der Waals surface area contributed by atoms with Crippen molar-refractivity contribution in [2.45, 2.75) is 12.1 Å². The van der Waals surface area contributed by atoms with Crippen molar-refractivity contribution in [2.75, 3.05) is 6.26 Å². The lowest BCUT2D eigenvalue weighted by molar-refractivity contribution is -0.140. The van der Waals surface area contributed by atoms with Gasteiger partial charge in [-0.2, -0.15) is 0 Å². The van der Waals surface area contributed by atoms with Crippen LogP contribution in [-0.4, -0.2) is 31.1 Å². The quantitative estimate of drug-likeness (QED) is 0.774. The van der Waals surface area contributed by atoms with Crippen LogP contribution in [0.15, 0.2) is 42.6 Å². The predicted octanol–water partition coefficient (Wildman–Crippen LogP) is 1.46. The van der Waals surface area contributed by atoms with Crippen LogP contribution in [-0.2, 0) is 19.6 Å². The Bertz CT molecular complexity index is 720. The molecule has 0 amide bonds. The van der Waals surface area contributed by atoms with Gasteiger partial charge in [-0.1, -0.05) is 24.3 Å². The maximum absolute atomic E-state index is 12.0. The van der Waals surface area contributed by atoms with E-state index in [1.54, 1.807) is 12.2 Å². The molecular formula is C14H13NO4S. The van der Waals surface area contributed by atoms with E-state index in [-0.39, 0.29) is 0 Å². The highest BCUT2D eigenvalue weighted by Gasteiger charge is 2.38. The SMILES string of the molecule is CS(=O)(=O)N1C=Cc2ccccc2[C@@H]1[C@H]1C=CC(=O)O1. The number of carbonyl (C=O) groups excluding carboxylic acids is 1. The van der Waals surface area contributed by atoms with E-state index in [2.05, 4.69) is 0 Å². The molecule has 0 saturated heterocycles. The molecule has 1 aromatic carbocycles.